The van der Waals surface area contributed by atoms with E-state index in [4.69, 9.17) is 0 Å². The van der Waals surface area contributed by atoms with E-state index in [1.807, 2.05) is 6.34 Å². The van der Waals surface area contributed by atoms with Crippen LogP contribution in [0.3, 0.4) is 0 Å². The highest BCUT2D eigenvalue weighted by molar-refractivity contribution is 5.64. The molecule has 0 saturated carbocycles. The van der Waals surface area contributed by atoms with E-state index in [-0.39, 0.29) is 17.4 Å². The van der Waals surface area contributed by atoms with E-state index in [9.17, 15) is 4.39 Å². The van der Waals surface area contributed by atoms with Gasteiger partial charge in [0, 0.05) is 5.54 Å². The van der Waals surface area contributed by atoms with Gasteiger partial charge in [0.25, 0.3) is 0 Å². The van der Waals surface area contributed by atoms with Gasteiger partial charge in [-0.15, -0.1) is 0 Å². The van der Waals surface area contributed by atoms with Gasteiger partial charge in [0.1, 0.15) is 5.83 Å². The van der Waals surface area contributed by atoms with E-state index in [1.165, 1.54) is 6.08 Å². The molecule has 0 spiro atoms. The van der Waals surface area contributed by atoms with Crippen LogP contribution in [-0.2, 0) is 0 Å². The summed E-state index contributed by atoms with van der Waals surface area (Å²) in [6, 6.07) is 0.231. The van der Waals surface area contributed by atoms with Gasteiger partial charge in [-0.25, -0.2) is 9.38 Å². The van der Waals surface area contributed by atoms with Crippen molar-refractivity contribution in [2.24, 2.45) is 4.99 Å². The van der Waals surface area contributed by atoms with Gasteiger partial charge in [-0.3, -0.25) is 0 Å². The molecule has 0 N–H and O–H groups in total. The lowest BCUT2D eigenvalue weighted by atomic mass is 9.98. The van der Waals surface area contributed by atoms with Gasteiger partial charge in [-0.1, -0.05) is 0 Å². The number of hydrogen-bond acceptors (Lipinski definition) is 2. The van der Waals surface area contributed by atoms with Crippen molar-refractivity contribution in [3.05, 3.63) is 23.7 Å². The van der Waals surface area contributed by atoms with E-state index < -0.39 is 0 Å². The van der Waals surface area contributed by atoms with Crippen LogP contribution >= 0.6 is 0 Å². The van der Waals surface area contributed by atoms with E-state index in [2.05, 4.69) is 30.7 Å². The fraction of sp³-hybridized carbons (Fsp3) is 0.545. The molecule has 0 unspecified atom stereocenters. The SMILES string of the molecule is CC(C)(C)N1C=NC2=CC(F)=CC[C@@H]21. The second-order valence-electron chi connectivity index (χ2n) is 4.73. The van der Waals surface area contributed by atoms with Crippen molar-refractivity contribution in [2.45, 2.75) is 38.8 Å². The summed E-state index contributed by atoms with van der Waals surface area (Å²) >= 11 is 0. The Morgan fingerprint density at radius 1 is 1.50 bits per heavy atom. The maximum absolute atomic E-state index is 12.9. The van der Waals surface area contributed by atoms with Crippen LogP contribution in [-0.4, -0.2) is 22.8 Å². The molecular formula is C11H15FN2. The third-order valence-electron chi connectivity index (χ3n) is 2.60. The Hall–Kier alpha value is -1.12. The Morgan fingerprint density at radius 2 is 2.21 bits per heavy atom. The summed E-state index contributed by atoms with van der Waals surface area (Å²) < 4.78 is 12.9. The Morgan fingerprint density at radius 3 is 2.86 bits per heavy atom. The van der Waals surface area contributed by atoms with Crippen LogP contribution < -0.4 is 0 Å². The Labute approximate surface area is 83.8 Å². The summed E-state index contributed by atoms with van der Waals surface area (Å²) in [6.07, 6.45) is 5.69. The number of hydrogen-bond donors (Lipinski definition) is 0. The predicted molar refractivity (Wildman–Crippen MR) is 55.8 cm³/mol. The maximum Gasteiger partial charge on any atom is 0.121 e. The van der Waals surface area contributed by atoms with Crippen molar-refractivity contribution in [1.82, 2.24) is 4.90 Å². The number of halogens is 1. The van der Waals surface area contributed by atoms with E-state index in [0.717, 1.165) is 12.1 Å². The molecule has 1 aliphatic carbocycles. The molecule has 0 fully saturated rings. The zero-order valence-electron chi connectivity index (χ0n) is 8.79. The van der Waals surface area contributed by atoms with Gasteiger partial charge in [0.15, 0.2) is 0 Å². The molecule has 0 aromatic rings. The van der Waals surface area contributed by atoms with Gasteiger partial charge in [-0.05, 0) is 39.3 Å². The fourth-order valence-electron chi connectivity index (χ4n) is 1.87. The fourth-order valence-corrected chi connectivity index (χ4v) is 1.87. The highest BCUT2D eigenvalue weighted by Gasteiger charge is 2.33. The van der Waals surface area contributed by atoms with Crippen molar-refractivity contribution in [2.75, 3.05) is 0 Å². The number of rotatable bonds is 0. The quantitative estimate of drug-likeness (QED) is 0.578. The minimum Gasteiger partial charge on any atom is -0.349 e. The molecule has 0 radical (unpaired) electrons. The minimum absolute atomic E-state index is 0.0470. The average molecular weight is 194 g/mol. The smallest absolute Gasteiger partial charge is 0.121 e. The Bertz CT molecular complexity index is 334. The molecule has 1 atom stereocenters. The lowest BCUT2D eigenvalue weighted by molar-refractivity contribution is 0.212. The molecule has 1 heterocycles. The molecule has 0 aromatic heterocycles. The molecular weight excluding hydrogens is 179 g/mol. The number of allylic oxidation sites excluding steroid dienone is 2. The molecule has 0 aromatic carbocycles. The van der Waals surface area contributed by atoms with E-state index in [0.29, 0.717) is 0 Å². The molecule has 2 aliphatic rings. The topological polar surface area (TPSA) is 15.6 Å². The van der Waals surface area contributed by atoms with Crippen molar-refractivity contribution in [3.63, 3.8) is 0 Å². The first kappa shape index (κ1) is 9.44. The first-order valence-corrected chi connectivity index (χ1v) is 4.88. The number of nitrogens with zero attached hydrogens (tertiary/aromatic N) is 2. The standard InChI is InChI=1S/C11H15FN2/c1-11(2,3)14-7-13-9-6-8(12)4-5-10(9)14/h4,6-7,10H,5H2,1-3H3/t10-/m0/s1. The largest absolute Gasteiger partial charge is 0.349 e. The van der Waals surface area contributed by atoms with Crippen molar-refractivity contribution >= 4 is 6.34 Å². The monoisotopic (exact) mass is 194 g/mol. The zero-order chi connectivity index (χ0) is 10.3. The first-order chi connectivity index (χ1) is 6.48. The van der Waals surface area contributed by atoms with Crippen molar-refractivity contribution in [1.29, 1.82) is 0 Å². The van der Waals surface area contributed by atoms with Crippen LogP contribution in [0.1, 0.15) is 27.2 Å². The van der Waals surface area contributed by atoms with E-state index >= 15 is 0 Å². The third kappa shape index (κ3) is 1.47. The predicted octanol–water partition coefficient (Wildman–Crippen LogP) is 2.64. The zero-order valence-corrected chi connectivity index (χ0v) is 8.79. The summed E-state index contributed by atoms with van der Waals surface area (Å²) in [4.78, 5) is 6.42. The Kier molecular flexibility index (Phi) is 1.98. The minimum atomic E-state index is -0.163. The molecule has 76 valence electrons. The first-order valence-electron chi connectivity index (χ1n) is 4.88. The molecule has 14 heavy (non-hydrogen) atoms. The van der Waals surface area contributed by atoms with Crippen LogP contribution in [0.25, 0.3) is 0 Å². The summed E-state index contributed by atoms with van der Waals surface area (Å²) in [7, 11) is 0. The molecule has 2 rings (SSSR count). The molecule has 0 saturated heterocycles. The second kappa shape index (κ2) is 2.94. The maximum atomic E-state index is 12.9. The second-order valence-corrected chi connectivity index (χ2v) is 4.73. The van der Waals surface area contributed by atoms with Gasteiger partial charge in [0.2, 0.25) is 0 Å². The van der Waals surface area contributed by atoms with Crippen LogP contribution in [0.4, 0.5) is 4.39 Å². The Balaban J connectivity index is 2.25. The molecule has 2 nitrogen and oxygen atoms in total. The van der Waals surface area contributed by atoms with Gasteiger partial charge in [0.05, 0.1) is 18.1 Å². The van der Waals surface area contributed by atoms with Crippen molar-refractivity contribution in [3.8, 4) is 0 Å². The van der Waals surface area contributed by atoms with Gasteiger partial charge < -0.3 is 4.90 Å². The summed E-state index contributed by atoms with van der Waals surface area (Å²) in [5.74, 6) is -0.163. The molecule has 1 aliphatic heterocycles. The molecule has 0 bridgehead atoms. The number of fused-ring (bicyclic) bond motifs is 1. The summed E-state index contributed by atoms with van der Waals surface area (Å²) in [6.45, 7) is 6.41. The van der Waals surface area contributed by atoms with Gasteiger partial charge >= 0.3 is 0 Å². The van der Waals surface area contributed by atoms with Gasteiger partial charge in [-0.2, -0.15) is 0 Å². The van der Waals surface area contributed by atoms with Crippen LogP contribution in [0.5, 0.6) is 0 Å². The normalized spacial score (nSPS) is 26.0. The summed E-state index contributed by atoms with van der Waals surface area (Å²) in [5.41, 5.74) is 0.894. The molecule has 0 amide bonds. The average Bonchev–Trinajstić information content (AvgIpc) is 2.45. The van der Waals surface area contributed by atoms with Crippen LogP contribution in [0, 0.1) is 0 Å². The third-order valence-corrected chi connectivity index (χ3v) is 2.60. The lowest BCUT2D eigenvalue weighted by Crippen LogP contribution is -2.45. The number of aliphatic imine (C=N–C) groups is 1. The molecule has 3 heteroatoms. The van der Waals surface area contributed by atoms with Crippen LogP contribution in [0.15, 0.2) is 28.7 Å². The highest BCUT2D eigenvalue weighted by Crippen LogP contribution is 2.31. The van der Waals surface area contributed by atoms with Crippen LogP contribution in [0.2, 0.25) is 0 Å². The van der Waals surface area contributed by atoms with E-state index in [1.54, 1.807) is 6.08 Å². The lowest BCUT2D eigenvalue weighted by Gasteiger charge is -2.37. The summed E-state index contributed by atoms with van der Waals surface area (Å²) in [5, 5.41) is 0. The highest BCUT2D eigenvalue weighted by atomic mass is 19.1. The van der Waals surface area contributed by atoms with Crippen molar-refractivity contribution < 1.29 is 4.39 Å².